The van der Waals surface area contributed by atoms with E-state index in [1.807, 2.05) is 20.8 Å². The van der Waals surface area contributed by atoms with Gasteiger partial charge in [-0.2, -0.15) is 8.42 Å². The Morgan fingerprint density at radius 1 is 0.547 bits per heavy atom. The molecule has 0 heterocycles. The molecule has 6 unspecified atom stereocenters. The topological polar surface area (TPSA) is 311 Å². The van der Waals surface area contributed by atoms with Crippen LogP contribution in [0.2, 0.25) is 0 Å². The number of carbonyl (C=O) groups is 2. The van der Waals surface area contributed by atoms with Crippen LogP contribution >= 0.6 is 64.8 Å². The van der Waals surface area contributed by atoms with Gasteiger partial charge in [0, 0.05) is 13.1 Å². The van der Waals surface area contributed by atoms with Crippen molar-refractivity contribution in [2.24, 2.45) is 34.8 Å². The molecule has 27 heteroatoms. The Hall–Kier alpha value is 1.07. The second-order valence-corrected chi connectivity index (χ2v) is 24.1. The maximum atomic E-state index is 12.7. The van der Waals surface area contributed by atoms with Crippen molar-refractivity contribution in [2.75, 3.05) is 97.6 Å². The SMILES string of the molecule is CCC(CCCCCCCCCOP(=O)(O)CCN(CCCN)CCCN)OP(=O)(O)CCN(CCCN)CCCN.CCCCC(CC)COC(=O)CC(C(=O)OCC(CC)CCCC)S(=O)(=O)O.Cl.Cl.Cl.Cl.[NaH]. The van der Waals surface area contributed by atoms with E-state index in [1.165, 1.54) is 0 Å². The summed E-state index contributed by atoms with van der Waals surface area (Å²) >= 11 is 0. The van der Waals surface area contributed by atoms with Crippen molar-refractivity contribution >= 4 is 116 Å². The van der Waals surface area contributed by atoms with Gasteiger partial charge in [0.15, 0.2) is 5.25 Å². The molecule has 0 aliphatic rings. The summed E-state index contributed by atoms with van der Waals surface area (Å²) in [6.45, 7) is 17.2. The van der Waals surface area contributed by atoms with Crippen molar-refractivity contribution < 1.29 is 60.0 Å². The molecule has 0 aromatic carbocycles. The van der Waals surface area contributed by atoms with E-state index in [0.717, 1.165) is 155 Å². The summed E-state index contributed by atoms with van der Waals surface area (Å²) in [6.07, 6.45) is 18.6. The fraction of sp³-hybridized carbons (Fsp3) is 0.958. The summed E-state index contributed by atoms with van der Waals surface area (Å²) in [5.41, 5.74) is 22.4. The van der Waals surface area contributed by atoms with Gasteiger partial charge in [-0.25, -0.2) is 0 Å². The summed E-state index contributed by atoms with van der Waals surface area (Å²) < 4.78 is 78.9. The molecule has 0 saturated heterocycles. The molecule has 0 rings (SSSR count). The number of rotatable bonds is 48. The Morgan fingerprint density at radius 3 is 1.33 bits per heavy atom. The van der Waals surface area contributed by atoms with Gasteiger partial charge in [0.05, 0.1) is 44.7 Å². The molecule has 0 bridgehead atoms. The molecule has 0 spiro atoms. The molecule has 0 saturated carbocycles. The zero-order valence-electron chi connectivity index (χ0n) is 46.0. The molecule has 0 radical (unpaired) electrons. The van der Waals surface area contributed by atoms with Crippen molar-refractivity contribution in [2.45, 2.75) is 187 Å². The first-order valence-electron chi connectivity index (χ1n) is 26.8. The zero-order chi connectivity index (χ0) is 53.1. The Labute approximate surface area is 502 Å². The molecule has 0 aliphatic carbocycles. The number of hydrogen-bond acceptors (Lipinski definition) is 16. The van der Waals surface area contributed by atoms with Crippen molar-refractivity contribution in [3.8, 4) is 0 Å². The van der Waals surface area contributed by atoms with Gasteiger partial charge < -0.3 is 61.0 Å². The molecule has 0 aliphatic heterocycles. The standard InChI is InChI=1S/C28H66N6O6P2.C20H38O7S.4ClH.Na.H/c1-2-28(40-42(37,38)27-24-34(21-12-17-31)22-13-18-32)14-8-6-4-3-5-7-9-25-39-41(35,36)26-23-33(19-10-15-29)20-11-16-30;1-5-9-11-16(7-3)14-26-19(21)13-18(28(23,24)25)20(22)27-15-17(8-4)12-10-6-2;;;;;;/h28H,2-27,29-32H2,1H3,(H,35,36)(H,37,38);16-18H,5-15H2,1-4H3,(H,23,24,25);4*1H;;. The number of nitrogens with zero attached hydrogens (tertiary/aromatic N) is 2. The molecule has 0 aromatic rings. The van der Waals surface area contributed by atoms with Crippen molar-refractivity contribution in [1.29, 1.82) is 0 Å². The first-order valence-corrected chi connectivity index (χ1v) is 31.8. The number of esters is 2. The van der Waals surface area contributed by atoms with Crippen LogP contribution < -0.4 is 22.9 Å². The monoisotopic (exact) mass is 1230 g/mol. The molecule has 75 heavy (non-hydrogen) atoms. The minimum atomic E-state index is -4.76. The van der Waals surface area contributed by atoms with Crippen LogP contribution in [-0.4, -0.2) is 183 Å². The third-order valence-corrected chi connectivity index (χ3v) is 16.2. The number of hydrogen-bond donors (Lipinski definition) is 7. The van der Waals surface area contributed by atoms with E-state index in [1.54, 1.807) is 0 Å². The Bertz CT molecular complexity index is 1490. The van der Waals surface area contributed by atoms with Gasteiger partial charge in [-0.3, -0.25) is 23.3 Å². The van der Waals surface area contributed by atoms with Crippen LogP contribution in [0.25, 0.3) is 0 Å². The van der Waals surface area contributed by atoms with Crippen LogP contribution in [0.3, 0.4) is 0 Å². The van der Waals surface area contributed by atoms with Gasteiger partial charge in [0.25, 0.3) is 10.1 Å². The summed E-state index contributed by atoms with van der Waals surface area (Å²) in [7, 11) is -12.0. The summed E-state index contributed by atoms with van der Waals surface area (Å²) in [5.74, 6) is -1.61. The average molecular weight is 1240 g/mol. The Morgan fingerprint density at radius 2 is 0.947 bits per heavy atom. The van der Waals surface area contributed by atoms with Crippen LogP contribution in [0.1, 0.15) is 176 Å². The van der Waals surface area contributed by atoms with Gasteiger partial charge in [-0.1, -0.05) is 112 Å². The number of carbonyl (C=O) groups excluding carboxylic acids is 2. The van der Waals surface area contributed by atoms with Crippen LogP contribution in [0.4, 0.5) is 0 Å². The van der Waals surface area contributed by atoms with E-state index in [0.29, 0.717) is 52.3 Å². The Kier molecular flexibility index (Phi) is 69.8. The fourth-order valence-electron chi connectivity index (χ4n) is 7.53. The van der Waals surface area contributed by atoms with Crippen LogP contribution in [0, 0.1) is 11.8 Å². The fourth-order valence-corrected chi connectivity index (χ4v) is 10.6. The van der Waals surface area contributed by atoms with Gasteiger partial charge >= 0.3 is 56.7 Å². The number of ether oxygens (including phenoxy) is 2. The third kappa shape index (κ3) is 54.1. The van der Waals surface area contributed by atoms with Gasteiger partial charge in [0.1, 0.15) is 0 Å². The van der Waals surface area contributed by atoms with Crippen LogP contribution in [-0.2, 0) is 47.4 Å². The third-order valence-electron chi connectivity index (χ3n) is 12.3. The van der Waals surface area contributed by atoms with Crippen LogP contribution in [0.15, 0.2) is 0 Å². The summed E-state index contributed by atoms with van der Waals surface area (Å²) in [6, 6.07) is 0. The minimum absolute atomic E-state index is 0. The van der Waals surface area contributed by atoms with Crippen molar-refractivity contribution in [3.05, 3.63) is 0 Å². The van der Waals surface area contributed by atoms with Gasteiger partial charge in [-0.05, 0) is 122 Å². The van der Waals surface area contributed by atoms with E-state index in [-0.39, 0.29) is 123 Å². The number of nitrogens with two attached hydrogens (primary N) is 4. The average Bonchev–Trinajstić information content (AvgIpc) is 3.32. The molecule has 454 valence electrons. The second-order valence-electron chi connectivity index (χ2n) is 18.6. The number of halogens is 4. The Balaban J connectivity index is -0.000000247. The van der Waals surface area contributed by atoms with Gasteiger partial charge in [0.2, 0.25) is 0 Å². The molecule has 6 atom stereocenters. The van der Waals surface area contributed by atoms with E-state index >= 15 is 0 Å². The quantitative estimate of drug-likeness (QED) is 0.00987. The van der Waals surface area contributed by atoms with Gasteiger partial charge in [-0.15, -0.1) is 49.6 Å². The van der Waals surface area contributed by atoms with E-state index in [4.69, 9.17) is 41.5 Å². The molecule has 0 aromatic heterocycles. The zero-order valence-corrected chi connectivity index (χ0v) is 51.9. The molecule has 11 N–H and O–H groups in total. The summed E-state index contributed by atoms with van der Waals surface area (Å²) in [5, 5.41) is -1.95. The predicted molar refractivity (Wildman–Crippen MR) is 320 cm³/mol. The predicted octanol–water partition coefficient (Wildman–Crippen LogP) is 8.48. The maximum absolute atomic E-state index is 12.7. The molecular formula is C48H109Cl4N6NaO13P2S. The van der Waals surface area contributed by atoms with E-state index < -0.39 is 48.9 Å². The molecule has 0 amide bonds. The van der Waals surface area contributed by atoms with Crippen molar-refractivity contribution in [1.82, 2.24) is 9.80 Å². The van der Waals surface area contributed by atoms with E-state index in [2.05, 4.69) is 23.6 Å². The first-order chi connectivity index (χ1) is 33.3. The first kappa shape index (κ1) is 89.9. The molecular weight excluding hydrogens is 1130 g/mol. The second kappa shape index (κ2) is 58.3. The number of unbranched alkanes of at least 4 members (excludes halogenated alkanes) is 8. The van der Waals surface area contributed by atoms with E-state index in [9.17, 15) is 41.5 Å². The molecule has 19 nitrogen and oxygen atoms in total. The van der Waals surface area contributed by atoms with Crippen molar-refractivity contribution in [3.63, 3.8) is 0 Å². The normalized spacial score (nSPS) is 14.4. The molecule has 0 fully saturated rings. The summed E-state index contributed by atoms with van der Waals surface area (Å²) in [4.78, 5) is 49.1. The van der Waals surface area contributed by atoms with Crippen LogP contribution in [0.5, 0.6) is 0 Å².